The van der Waals surface area contributed by atoms with Crippen molar-refractivity contribution in [3.05, 3.63) is 18.0 Å². The lowest BCUT2D eigenvalue weighted by molar-refractivity contribution is 0.0653. The average molecular weight is 226 g/mol. The van der Waals surface area contributed by atoms with E-state index in [1.165, 1.54) is 5.56 Å². The van der Waals surface area contributed by atoms with Crippen molar-refractivity contribution >= 4 is 0 Å². The standard InChI is InChI=1S/C11H22N4O/c1-4-11(16-3)10(14-12)6-9-7-13-15(5-2)8-9/h7-8,10-11,14H,4-6,12H2,1-3H3. The maximum absolute atomic E-state index is 5.55. The van der Waals surface area contributed by atoms with Crippen LogP contribution in [0.15, 0.2) is 12.4 Å². The van der Waals surface area contributed by atoms with Gasteiger partial charge in [0, 0.05) is 19.9 Å². The van der Waals surface area contributed by atoms with Gasteiger partial charge in [-0.1, -0.05) is 6.92 Å². The normalized spacial score (nSPS) is 15.0. The molecule has 0 amide bonds. The number of ether oxygens (including phenoxy) is 1. The van der Waals surface area contributed by atoms with Gasteiger partial charge in [0.2, 0.25) is 0 Å². The van der Waals surface area contributed by atoms with Gasteiger partial charge >= 0.3 is 0 Å². The van der Waals surface area contributed by atoms with Crippen molar-refractivity contribution in [2.75, 3.05) is 7.11 Å². The van der Waals surface area contributed by atoms with E-state index in [1.807, 2.05) is 17.1 Å². The van der Waals surface area contributed by atoms with Gasteiger partial charge in [0.1, 0.15) is 0 Å². The van der Waals surface area contributed by atoms with Crippen molar-refractivity contribution in [1.29, 1.82) is 0 Å². The van der Waals surface area contributed by atoms with Crippen LogP contribution in [0.5, 0.6) is 0 Å². The number of hydrazine groups is 1. The molecule has 2 unspecified atom stereocenters. The van der Waals surface area contributed by atoms with Crippen molar-refractivity contribution in [3.8, 4) is 0 Å². The molecule has 0 spiro atoms. The number of aromatic nitrogens is 2. The summed E-state index contributed by atoms with van der Waals surface area (Å²) in [6, 6.07) is 0.129. The molecule has 1 aromatic heterocycles. The number of nitrogens with two attached hydrogens (primary N) is 1. The highest BCUT2D eigenvalue weighted by Gasteiger charge is 2.19. The van der Waals surface area contributed by atoms with Crippen molar-refractivity contribution < 1.29 is 4.74 Å². The van der Waals surface area contributed by atoms with Crippen LogP contribution in [0.2, 0.25) is 0 Å². The Hall–Kier alpha value is -0.910. The van der Waals surface area contributed by atoms with Crippen LogP contribution in [0.3, 0.4) is 0 Å². The molecule has 0 aliphatic carbocycles. The summed E-state index contributed by atoms with van der Waals surface area (Å²) in [7, 11) is 1.72. The molecule has 0 aliphatic rings. The molecule has 1 aromatic rings. The molecular weight excluding hydrogens is 204 g/mol. The van der Waals surface area contributed by atoms with E-state index in [0.29, 0.717) is 0 Å². The molecule has 0 fully saturated rings. The second-order valence-corrected chi connectivity index (χ2v) is 3.86. The van der Waals surface area contributed by atoms with Crippen LogP contribution < -0.4 is 11.3 Å². The van der Waals surface area contributed by atoms with E-state index in [-0.39, 0.29) is 12.1 Å². The minimum atomic E-state index is 0.129. The molecular formula is C11H22N4O. The summed E-state index contributed by atoms with van der Waals surface area (Å²) < 4.78 is 7.30. The van der Waals surface area contributed by atoms with Crippen LogP contribution in [0.4, 0.5) is 0 Å². The van der Waals surface area contributed by atoms with E-state index in [4.69, 9.17) is 10.6 Å². The average Bonchev–Trinajstić information content (AvgIpc) is 2.77. The third-order valence-electron chi connectivity index (χ3n) is 2.83. The molecule has 0 radical (unpaired) electrons. The van der Waals surface area contributed by atoms with Crippen LogP contribution >= 0.6 is 0 Å². The van der Waals surface area contributed by atoms with E-state index >= 15 is 0 Å². The van der Waals surface area contributed by atoms with Gasteiger partial charge in [-0.05, 0) is 25.3 Å². The third kappa shape index (κ3) is 3.30. The number of hydrogen-bond acceptors (Lipinski definition) is 4. The smallest absolute Gasteiger partial charge is 0.0738 e. The maximum Gasteiger partial charge on any atom is 0.0738 e. The van der Waals surface area contributed by atoms with Gasteiger partial charge in [-0.15, -0.1) is 0 Å². The fourth-order valence-corrected chi connectivity index (χ4v) is 1.85. The maximum atomic E-state index is 5.55. The first-order valence-corrected chi connectivity index (χ1v) is 5.75. The Morgan fingerprint density at radius 1 is 1.56 bits per heavy atom. The Kier molecular flexibility index (Phi) is 5.45. The summed E-state index contributed by atoms with van der Waals surface area (Å²) in [6.45, 7) is 5.05. The Morgan fingerprint density at radius 2 is 2.31 bits per heavy atom. The number of hydrogen-bond donors (Lipinski definition) is 2. The summed E-state index contributed by atoms with van der Waals surface area (Å²) >= 11 is 0. The van der Waals surface area contributed by atoms with Crippen LogP contribution in [0, 0.1) is 0 Å². The lowest BCUT2D eigenvalue weighted by atomic mass is 10.0. The highest BCUT2D eigenvalue weighted by molar-refractivity contribution is 5.07. The van der Waals surface area contributed by atoms with Gasteiger partial charge in [0.05, 0.1) is 18.3 Å². The Bertz CT molecular complexity index is 296. The predicted molar refractivity (Wildman–Crippen MR) is 63.8 cm³/mol. The molecule has 1 rings (SSSR count). The first-order valence-electron chi connectivity index (χ1n) is 5.75. The zero-order valence-corrected chi connectivity index (χ0v) is 10.3. The fourth-order valence-electron chi connectivity index (χ4n) is 1.85. The largest absolute Gasteiger partial charge is 0.380 e. The van der Waals surface area contributed by atoms with Crippen molar-refractivity contribution in [1.82, 2.24) is 15.2 Å². The summed E-state index contributed by atoms with van der Waals surface area (Å²) in [4.78, 5) is 0. The van der Waals surface area contributed by atoms with Gasteiger partial charge in [0.15, 0.2) is 0 Å². The van der Waals surface area contributed by atoms with E-state index in [2.05, 4.69) is 24.4 Å². The van der Waals surface area contributed by atoms with Gasteiger partial charge in [-0.2, -0.15) is 5.10 Å². The molecule has 0 saturated heterocycles. The SMILES string of the molecule is CCC(OC)C(Cc1cnn(CC)c1)NN. The van der Waals surface area contributed by atoms with E-state index in [9.17, 15) is 0 Å². The molecule has 2 atom stereocenters. The van der Waals surface area contributed by atoms with Gasteiger partial charge in [0.25, 0.3) is 0 Å². The number of methoxy groups -OCH3 is 1. The fraction of sp³-hybridized carbons (Fsp3) is 0.727. The minimum absolute atomic E-state index is 0.129. The molecule has 16 heavy (non-hydrogen) atoms. The van der Waals surface area contributed by atoms with E-state index in [1.54, 1.807) is 7.11 Å². The van der Waals surface area contributed by atoms with E-state index in [0.717, 1.165) is 19.4 Å². The highest BCUT2D eigenvalue weighted by atomic mass is 16.5. The van der Waals surface area contributed by atoms with Crippen molar-refractivity contribution in [2.45, 2.75) is 45.4 Å². The molecule has 0 saturated carbocycles. The Balaban J connectivity index is 2.61. The monoisotopic (exact) mass is 226 g/mol. The van der Waals surface area contributed by atoms with Crippen LogP contribution in [0.25, 0.3) is 0 Å². The summed E-state index contributed by atoms with van der Waals surface area (Å²) in [5, 5.41) is 4.24. The zero-order chi connectivity index (χ0) is 12.0. The summed E-state index contributed by atoms with van der Waals surface area (Å²) in [5.41, 5.74) is 4.00. The summed E-state index contributed by atoms with van der Waals surface area (Å²) in [5.74, 6) is 5.55. The van der Waals surface area contributed by atoms with Crippen molar-refractivity contribution in [2.24, 2.45) is 5.84 Å². The first kappa shape index (κ1) is 13.2. The Morgan fingerprint density at radius 3 is 2.75 bits per heavy atom. The zero-order valence-electron chi connectivity index (χ0n) is 10.3. The second-order valence-electron chi connectivity index (χ2n) is 3.86. The first-order chi connectivity index (χ1) is 7.74. The number of nitrogens with one attached hydrogen (secondary N) is 1. The summed E-state index contributed by atoms with van der Waals surface area (Å²) in [6.07, 6.45) is 5.84. The lowest BCUT2D eigenvalue weighted by Gasteiger charge is -2.23. The molecule has 1 heterocycles. The number of aryl methyl sites for hydroxylation is 1. The van der Waals surface area contributed by atoms with Crippen LogP contribution in [0.1, 0.15) is 25.8 Å². The van der Waals surface area contributed by atoms with Gasteiger partial charge in [-0.3, -0.25) is 16.0 Å². The topological polar surface area (TPSA) is 65.1 Å². The number of rotatable bonds is 7. The second kappa shape index (κ2) is 6.62. The number of nitrogens with zero attached hydrogens (tertiary/aromatic N) is 2. The lowest BCUT2D eigenvalue weighted by Crippen LogP contribution is -2.46. The van der Waals surface area contributed by atoms with E-state index < -0.39 is 0 Å². The van der Waals surface area contributed by atoms with Crippen LogP contribution in [-0.2, 0) is 17.7 Å². The third-order valence-corrected chi connectivity index (χ3v) is 2.83. The molecule has 3 N–H and O–H groups in total. The molecule has 0 aromatic carbocycles. The molecule has 0 bridgehead atoms. The van der Waals surface area contributed by atoms with Crippen LogP contribution in [-0.4, -0.2) is 29.0 Å². The van der Waals surface area contributed by atoms with Gasteiger partial charge in [-0.25, -0.2) is 0 Å². The predicted octanol–water partition coefficient (Wildman–Crippen LogP) is 0.702. The molecule has 5 heteroatoms. The Labute approximate surface area is 96.9 Å². The molecule has 0 aliphatic heterocycles. The van der Waals surface area contributed by atoms with Crippen molar-refractivity contribution in [3.63, 3.8) is 0 Å². The molecule has 92 valence electrons. The highest BCUT2D eigenvalue weighted by Crippen LogP contribution is 2.09. The molecule has 5 nitrogen and oxygen atoms in total. The van der Waals surface area contributed by atoms with Gasteiger partial charge < -0.3 is 4.74 Å². The minimum Gasteiger partial charge on any atom is -0.380 e. The quantitative estimate of drug-likeness (QED) is 0.530.